The molecule has 2 atom stereocenters. The topological polar surface area (TPSA) is 168 Å². The highest BCUT2D eigenvalue weighted by Gasteiger charge is 2.49. The Hall–Kier alpha value is -5.82. The summed E-state index contributed by atoms with van der Waals surface area (Å²) in [6.07, 6.45) is 6.37. The number of halogens is 2. The van der Waals surface area contributed by atoms with Crippen molar-refractivity contribution < 1.29 is 32.1 Å². The minimum absolute atomic E-state index is 0.0134. The maximum absolute atomic E-state index is 15.9. The molecule has 15 nitrogen and oxygen atoms in total. The highest BCUT2D eigenvalue weighted by molar-refractivity contribution is 6.76. The first-order valence-corrected chi connectivity index (χ1v) is 24.5. The maximum atomic E-state index is 15.9. The molecule has 2 aromatic carbocycles. The number of anilines is 1. The summed E-state index contributed by atoms with van der Waals surface area (Å²) in [6.45, 7) is 11.2. The number of fused-ring (bicyclic) bond motifs is 4. The molecule has 9 rings (SSSR count). The molecule has 2 aliphatic rings. The Balaban J connectivity index is 1.16. The number of benzene rings is 2. The second kappa shape index (κ2) is 16.8. The fraction of sp³-hybridized carbons (Fsp3) is 0.409. The van der Waals surface area contributed by atoms with E-state index in [9.17, 15) is 9.18 Å². The van der Waals surface area contributed by atoms with Crippen LogP contribution in [-0.2, 0) is 22.7 Å². The highest BCUT2D eigenvalue weighted by Crippen LogP contribution is 2.43. The molecule has 0 spiro atoms. The molecule has 2 saturated heterocycles. The van der Waals surface area contributed by atoms with Gasteiger partial charge in [0.05, 0.1) is 17.3 Å². The summed E-state index contributed by atoms with van der Waals surface area (Å²) in [4.78, 5) is 30.9. The summed E-state index contributed by atoms with van der Waals surface area (Å²) in [5.41, 5.74) is 1.93. The van der Waals surface area contributed by atoms with Crippen molar-refractivity contribution >= 4 is 46.6 Å². The van der Waals surface area contributed by atoms with Gasteiger partial charge in [-0.25, -0.2) is 18.6 Å². The SMILES string of the molecule is COCOc1cc(-c2oc(=O)c3c(NCc4cn(COCC[Si](C)(C)C)c5ncccc45)nc(OC[C@@]45CCCN4C[C@H](F)C5)nc3c2C)c2c(-c3c[nH]nn3)c(F)ccc2c1. The summed E-state index contributed by atoms with van der Waals surface area (Å²) in [5, 5.41) is 16.0. The van der Waals surface area contributed by atoms with Crippen LogP contribution in [0.5, 0.6) is 11.8 Å². The molecule has 0 saturated carbocycles. The number of aromatic amines is 1. The Morgan fingerprint density at radius 2 is 2.00 bits per heavy atom. The van der Waals surface area contributed by atoms with Gasteiger partial charge < -0.3 is 33.2 Å². The van der Waals surface area contributed by atoms with Crippen LogP contribution in [0, 0.1) is 12.7 Å². The number of methoxy groups -OCH3 is 1. The fourth-order valence-corrected chi connectivity index (χ4v) is 9.62. The zero-order chi connectivity index (χ0) is 43.2. The molecule has 0 amide bonds. The van der Waals surface area contributed by atoms with Crippen LogP contribution in [0.1, 0.15) is 30.4 Å². The van der Waals surface area contributed by atoms with Gasteiger partial charge in [-0.1, -0.05) is 30.9 Å². The Kier molecular flexibility index (Phi) is 11.3. The van der Waals surface area contributed by atoms with Crippen LogP contribution in [0.2, 0.25) is 25.7 Å². The van der Waals surface area contributed by atoms with Crippen molar-refractivity contribution in [1.82, 2.24) is 39.8 Å². The van der Waals surface area contributed by atoms with Gasteiger partial charge in [0.1, 0.15) is 59.4 Å². The van der Waals surface area contributed by atoms with E-state index in [0.29, 0.717) is 54.0 Å². The molecule has 5 aromatic heterocycles. The van der Waals surface area contributed by atoms with Crippen molar-refractivity contribution in [3.63, 3.8) is 0 Å². The third-order valence-electron chi connectivity index (χ3n) is 11.9. The first-order chi connectivity index (χ1) is 29.9. The Bertz CT molecular complexity index is 2830. The molecule has 0 unspecified atom stereocenters. The van der Waals surface area contributed by atoms with Gasteiger partial charge in [-0.15, -0.1) is 5.10 Å². The number of alkyl halides is 1. The van der Waals surface area contributed by atoms with Crippen LogP contribution in [0.25, 0.3) is 55.3 Å². The van der Waals surface area contributed by atoms with Gasteiger partial charge >= 0.3 is 11.6 Å². The number of H-pyrrole nitrogens is 1. The Morgan fingerprint density at radius 3 is 2.81 bits per heavy atom. The number of ether oxygens (including phenoxy) is 4. The number of nitrogens with one attached hydrogen (secondary N) is 2. The Morgan fingerprint density at radius 1 is 1.13 bits per heavy atom. The fourth-order valence-electron chi connectivity index (χ4n) is 8.86. The van der Waals surface area contributed by atoms with Crippen LogP contribution < -0.4 is 20.4 Å². The standard InChI is InChI=1S/C44H49F2N9O6Si/c1-26-38-37(42(56)61-39(26)32-17-30(60-25-57-2)16-27-9-10-33(46)36(35(27)32)34-20-49-53-52-34)40(51-43(50-38)59-23-44-11-7-13-55(44)22-29(45)18-44)48-19-28-21-54(24-58-14-15-62(3,4)5)41-31(28)8-6-12-47-41/h6,8-10,12,16-17,20-21,29H,7,11,13-15,18-19,22-25H2,1-5H3,(H,48,50,51)(H,49,52,53)/t29-,44+/m1/s1. The van der Waals surface area contributed by atoms with Crippen molar-refractivity contribution in [2.45, 2.75) is 76.9 Å². The number of hydrogen-bond donors (Lipinski definition) is 2. The van der Waals surface area contributed by atoms with E-state index in [1.807, 2.05) is 22.9 Å². The lowest BCUT2D eigenvalue weighted by atomic mass is 9.93. The zero-order valence-corrected chi connectivity index (χ0v) is 36.4. The predicted molar refractivity (Wildman–Crippen MR) is 233 cm³/mol. The maximum Gasteiger partial charge on any atom is 0.349 e. The smallest absolute Gasteiger partial charge is 0.349 e. The predicted octanol–water partition coefficient (Wildman–Crippen LogP) is 7.85. The minimum atomic E-state index is -1.28. The summed E-state index contributed by atoms with van der Waals surface area (Å²) in [6, 6.07) is 11.3. The third-order valence-corrected chi connectivity index (χ3v) is 13.6. The highest BCUT2D eigenvalue weighted by atomic mass is 28.3. The number of rotatable bonds is 16. The monoisotopic (exact) mass is 865 g/mol. The molecule has 0 aliphatic carbocycles. The van der Waals surface area contributed by atoms with Crippen LogP contribution >= 0.6 is 0 Å². The van der Waals surface area contributed by atoms with Crippen LogP contribution in [0.15, 0.2) is 64.2 Å². The number of hydrogen-bond acceptors (Lipinski definition) is 13. The van der Waals surface area contributed by atoms with E-state index in [2.05, 4.69) is 50.3 Å². The van der Waals surface area contributed by atoms with E-state index < -0.39 is 31.2 Å². The van der Waals surface area contributed by atoms with Crippen LogP contribution in [0.3, 0.4) is 0 Å². The van der Waals surface area contributed by atoms with E-state index >= 15 is 4.39 Å². The molecule has 62 heavy (non-hydrogen) atoms. The summed E-state index contributed by atoms with van der Waals surface area (Å²) >= 11 is 0. The molecule has 18 heteroatoms. The largest absolute Gasteiger partial charge is 0.468 e. The number of pyridine rings is 1. The average molecular weight is 866 g/mol. The first-order valence-electron chi connectivity index (χ1n) is 20.8. The van der Waals surface area contributed by atoms with Gasteiger partial charge in [-0.3, -0.25) is 10.00 Å². The minimum Gasteiger partial charge on any atom is -0.468 e. The molecule has 0 bridgehead atoms. The molecular formula is C44H49F2N9O6Si. The molecule has 7 aromatic rings. The van der Waals surface area contributed by atoms with Crippen LogP contribution in [0.4, 0.5) is 14.6 Å². The van der Waals surface area contributed by atoms with E-state index in [1.165, 1.54) is 19.4 Å². The van der Waals surface area contributed by atoms with Crippen molar-refractivity contribution in [3.8, 4) is 34.3 Å². The summed E-state index contributed by atoms with van der Waals surface area (Å²) in [7, 11) is 0.225. The van der Waals surface area contributed by atoms with Crippen molar-refractivity contribution in [2.24, 2.45) is 0 Å². The van der Waals surface area contributed by atoms with E-state index in [-0.39, 0.29) is 59.7 Å². The zero-order valence-electron chi connectivity index (χ0n) is 35.4. The molecule has 0 radical (unpaired) electrons. The molecular weight excluding hydrogens is 817 g/mol. The summed E-state index contributed by atoms with van der Waals surface area (Å²) < 4.78 is 62.5. The number of nitrogens with zero attached hydrogens (tertiary/aromatic N) is 7. The molecule has 2 fully saturated rings. The van der Waals surface area contributed by atoms with E-state index in [4.69, 9.17) is 33.3 Å². The van der Waals surface area contributed by atoms with Crippen molar-refractivity contribution in [2.75, 3.05) is 45.5 Å². The lowest BCUT2D eigenvalue weighted by Gasteiger charge is -2.30. The van der Waals surface area contributed by atoms with Gasteiger partial charge in [0.25, 0.3) is 0 Å². The van der Waals surface area contributed by atoms with Gasteiger partial charge in [0, 0.05) is 81.2 Å². The van der Waals surface area contributed by atoms with E-state index in [0.717, 1.165) is 42.0 Å². The molecule has 2 aliphatic heterocycles. The van der Waals surface area contributed by atoms with Gasteiger partial charge in [-0.05, 0) is 73.6 Å². The summed E-state index contributed by atoms with van der Waals surface area (Å²) in [5.74, 6) is 0.153. The number of aromatic nitrogens is 7. The van der Waals surface area contributed by atoms with Gasteiger partial charge in [0.15, 0.2) is 6.79 Å². The lowest BCUT2D eigenvalue weighted by molar-refractivity contribution is 0.0512. The first kappa shape index (κ1) is 41.5. The van der Waals surface area contributed by atoms with Crippen molar-refractivity contribution in [3.05, 3.63) is 82.4 Å². The lowest BCUT2D eigenvalue weighted by Crippen LogP contribution is -2.43. The average Bonchev–Trinajstić information content (AvgIpc) is 4.05. The molecule has 324 valence electrons. The normalized spacial score (nSPS) is 18.0. The Labute approximate surface area is 356 Å². The second-order valence-electron chi connectivity index (χ2n) is 17.4. The molecule has 7 heterocycles. The number of aryl methyl sites for hydroxylation is 1. The third kappa shape index (κ3) is 8.02. The second-order valence-corrected chi connectivity index (χ2v) is 23.0. The molecule has 2 N–H and O–H groups in total. The quantitative estimate of drug-likeness (QED) is 0.0548. The van der Waals surface area contributed by atoms with Crippen molar-refractivity contribution in [1.29, 1.82) is 0 Å². The van der Waals surface area contributed by atoms with E-state index in [1.54, 1.807) is 31.3 Å². The van der Waals surface area contributed by atoms with Gasteiger partial charge in [0.2, 0.25) is 0 Å². The van der Waals surface area contributed by atoms with Gasteiger partial charge in [-0.2, -0.15) is 9.97 Å². The van der Waals surface area contributed by atoms with Crippen LogP contribution in [-0.4, -0.2) is 99.8 Å².